The molecule has 116 valence electrons. The van der Waals surface area contributed by atoms with Gasteiger partial charge in [-0.25, -0.2) is 5.48 Å². The third-order valence-corrected chi connectivity index (χ3v) is 3.57. The maximum Gasteiger partial charge on any atom is 0.243 e. The molecule has 1 atom stereocenters. The lowest BCUT2D eigenvalue weighted by Crippen LogP contribution is -2.17. The van der Waals surface area contributed by atoms with Gasteiger partial charge in [0, 0.05) is 18.8 Å². The number of carbonyl (C=O) groups excluding carboxylic acids is 1. The highest BCUT2D eigenvalue weighted by Gasteiger charge is 2.08. The molecule has 0 spiro atoms. The van der Waals surface area contributed by atoms with E-state index in [-0.39, 0.29) is 6.42 Å². The fourth-order valence-corrected chi connectivity index (χ4v) is 2.29. The summed E-state index contributed by atoms with van der Waals surface area (Å²) in [6.07, 6.45) is 5.18. The first-order valence-corrected chi connectivity index (χ1v) is 7.32. The summed E-state index contributed by atoms with van der Waals surface area (Å²) in [6.45, 7) is 0. The van der Waals surface area contributed by atoms with Crippen molar-refractivity contribution in [3.63, 3.8) is 0 Å². The molecule has 1 aromatic heterocycles. The molecule has 0 bridgehead atoms. The van der Waals surface area contributed by atoms with Gasteiger partial charge in [0.15, 0.2) is 0 Å². The number of hydroxylamine groups is 1. The van der Waals surface area contributed by atoms with Gasteiger partial charge in [-0.05, 0) is 41.7 Å². The first-order chi connectivity index (χ1) is 10.7. The lowest BCUT2D eigenvalue weighted by molar-refractivity contribution is -0.129. The van der Waals surface area contributed by atoms with Crippen molar-refractivity contribution < 1.29 is 15.1 Å². The fourth-order valence-electron chi connectivity index (χ4n) is 2.29. The minimum atomic E-state index is -0.538. The monoisotopic (exact) mass is 300 g/mol. The average molecular weight is 300 g/mol. The largest absolute Gasteiger partial charge is 0.388 e. The molecule has 0 aliphatic heterocycles. The molecule has 0 aliphatic carbocycles. The molecule has 0 fully saturated rings. The van der Waals surface area contributed by atoms with Gasteiger partial charge in [-0.15, -0.1) is 0 Å². The number of nitrogens with zero attached hydrogens (tertiary/aromatic N) is 1. The molecule has 1 unspecified atom stereocenters. The van der Waals surface area contributed by atoms with Gasteiger partial charge in [0.05, 0.1) is 6.10 Å². The zero-order valence-electron chi connectivity index (χ0n) is 12.3. The number of hydrogen-bond acceptors (Lipinski definition) is 4. The number of pyridine rings is 1. The van der Waals surface area contributed by atoms with Gasteiger partial charge < -0.3 is 5.11 Å². The van der Waals surface area contributed by atoms with Crippen LogP contribution in [0.2, 0.25) is 0 Å². The predicted octanol–water partition coefficient (Wildman–Crippen LogP) is 2.85. The smallest absolute Gasteiger partial charge is 0.243 e. The van der Waals surface area contributed by atoms with Crippen LogP contribution in [0, 0.1) is 0 Å². The standard InChI is InChI=1S/C17H20N2O3/c20-16(3-1-2-4-17(21)19-22)15-7-5-13(6-8-15)14-9-11-18-12-10-14/h5-12,16,20,22H,1-4H2,(H,19,21). The number of hydrogen-bond donors (Lipinski definition) is 3. The topological polar surface area (TPSA) is 82.5 Å². The molecule has 5 heteroatoms. The number of amides is 1. The molecular formula is C17H20N2O3. The maximum atomic E-state index is 10.9. The summed E-state index contributed by atoms with van der Waals surface area (Å²) in [5, 5.41) is 18.5. The Morgan fingerprint density at radius 1 is 1.05 bits per heavy atom. The maximum absolute atomic E-state index is 10.9. The van der Waals surface area contributed by atoms with Crippen molar-refractivity contribution in [3.05, 3.63) is 54.4 Å². The number of carbonyl (C=O) groups is 1. The summed E-state index contributed by atoms with van der Waals surface area (Å²) in [6, 6.07) is 11.7. The van der Waals surface area contributed by atoms with Crippen LogP contribution in [0.25, 0.3) is 11.1 Å². The Morgan fingerprint density at radius 3 is 2.32 bits per heavy atom. The van der Waals surface area contributed by atoms with Crippen molar-refractivity contribution in [2.45, 2.75) is 31.8 Å². The summed E-state index contributed by atoms with van der Waals surface area (Å²) in [4.78, 5) is 14.9. The molecule has 2 rings (SSSR count). The van der Waals surface area contributed by atoms with Crippen LogP contribution in [0.3, 0.4) is 0 Å². The van der Waals surface area contributed by atoms with Crippen LogP contribution in [0.1, 0.15) is 37.4 Å². The first kappa shape index (κ1) is 16.1. The molecular weight excluding hydrogens is 280 g/mol. The predicted molar refractivity (Wildman–Crippen MR) is 83.0 cm³/mol. The highest BCUT2D eigenvalue weighted by Crippen LogP contribution is 2.24. The Labute approximate surface area is 129 Å². The number of nitrogens with one attached hydrogen (secondary N) is 1. The van der Waals surface area contributed by atoms with E-state index in [2.05, 4.69) is 4.98 Å². The normalized spacial score (nSPS) is 11.9. The van der Waals surface area contributed by atoms with E-state index in [0.717, 1.165) is 23.1 Å². The summed E-state index contributed by atoms with van der Waals surface area (Å²) in [5.41, 5.74) is 4.64. The lowest BCUT2D eigenvalue weighted by atomic mass is 9.99. The number of aliphatic hydroxyl groups is 1. The van der Waals surface area contributed by atoms with E-state index < -0.39 is 12.0 Å². The van der Waals surface area contributed by atoms with Crippen molar-refractivity contribution in [2.75, 3.05) is 0 Å². The molecule has 2 aromatic rings. The minimum Gasteiger partial charge on any atom is -0.388 e. The zero-order valence-corrected chi connectivity index (χ0v) is 12.3. The van der Waals surface area contributed by atoms with Crippen LogP contribution in [0.4, 0.5) is 0 Å². The van der Waals surface area contributed by atoms with Crippen LogP contribution in [-0.2, 0) is 4.79 Å². The number of aliphatic hydroxyl groups excluding tert-OH is 1. The third kappa shape index (κ3) is 4.65. The van der Waals surface area contributed by atoms with Gasteiger partial charge >= 0.3 is 0 Å². The van der Waals surface area contributed by atoms with Crippen LogP contribution in [0.5, 0.6) is 0 Å². The molecule has 1 heterocycles. The third-order valence-electron chi connectivity index (χ3n) is 3.57. The number of rotatable bonds is 7. The molecule has 5 nitrogen and oxygen atoms in total. The van der Waals surface area contributed by atoms with E-state index in [1.165, 1.54) is 0 Å². The molecule has 1 aromatic carbocycles. The quantitative estimate of drug-likeness (QED) is 0.417. The van der Waals surface area contributed by atoms with Gasteiger partial charge in [-0.3, -0.25) is 15.0 Å². The first-order valence-electron chi connectivity index (χ1n) is 7.32. The van der Waals surface area contributed by atoms with Crippen molar-refractivity contribution >= 4 is 5.91 Å². The van der Waals surface area contributed by atoms with Crippen molar-refractivity contribution in [1.29, 1.82) is 0 Å². The van der Waals surface area contributed by atoms with E-state index in [0.29, 0.717) is 12.8 Å². The molecule has 3 N–H and O–H groups in total. The Hall–Kier alpha value is -2.24. The lowest BCUT2D eigenvalue weighted by Gasteiger charge is -2.11. The molecule has 1 amide bonds. The second-order valence-corrected chi connectivity index (χ2v) is 5.15. The van der Waals surface area contributed by atoms with E-state index in [9.17, 15) is 9.90 Å². The number of unbranched alkanes of at least 4 members (excludes halogenated alkanes) is 1. The second-order valence-electron chi connectivity index (χ2n) is 5.15. The van der Waals surface area contributed by atoms with E-state index >= 15 is 0 Å². The van der Waals surface area contributed by atoms with Gasteiger partial charge in [0.2, 0.25) is 5.91 Å². The second kappa shape index (κ2) is 8.26. The highest BCUT2D eigenvalue weighted by molar-refractivity contribution is 5.74. The summed E-state index contributed by atoms with van der Waals surface area (Å²) < 4.78 is 0. The van der Waals surface area contributed by atoms with Gasteiger partial charge in [0.1, 0.15) is 0 Å². The van der Waals surface area contributed by atoms with Gasteiger partial charge in [-0.1, -0.05) is 30.7 Å². The SMILES string of the molecule is O=C(CCCCC(O)c1ccc(-c2ccncc2)cc1)NO. The van der Waals surface area contributed by atoms with Crippen LogP contribution < -0.4 is 5.48 Å². The zero-order chi connectivity index (χ0) is 15.8. The summed E-state index contributed by atoms with van der Waals surface area (Å²) in [5.74, 6) is -0.392. The van der Waals surface area contributed by atoms with E-state index in [4.69, 9.17) is 5.21 Å². The van der Waals surface area contributed by atoms with E-state index in [1.54, 1.807) is 17.9 Å². The minimum absolute atomic E-state index is 0.268. The fraction of sp³-hybridized carbons (Fsp3) is 0.294. The molecule has 0 saturated carbocycles. The summed E-state index contributed by atoms with van der Waals surface area (Å²) in [7, 11) is 0. The number of aromatic nitrogens is 1. The Bertz CT molecular complexity index is 585. The van der Waals surface area contributed by atoms with Crippen molar-refractivity contribution in [3.8, 4) is 11.1 Å². The van der Waals surface area contributed by atoms with Crippen molar-refractivity contribution in [2.24, 2.45) is 0 Å². The molecule has 0 radical (unpaired) electrons. The Kier molecular flexibility index (Phi) is 6.06. The van der Waals surface area contributed by atoms with Gasteiger partial charge in [-0.2, -0.15) is 0 Å². The molecule has 0 saturated heterocycles. The molecule has 0 aliphatic rings. The highest BCUT2D eigenvalue weighted by atomic mass is 16.5. The number of benzene rings is 1. The van der Waals surface area contributed by atoms with E-state index in [1.807, 2.05) is 36.4 Å². The van der Waals surface area contributed by atoms with Gasteiger partial charge in [0.25, 0.3) is 0 Å². The summed E-state index contributed by atoms with van der Waals surface area (Å²) >= 11 is 0. The average Bonchev–Trinajstić information content (AvgIpc) is 2.59. The van der Waals surface area contributed by atoms with Crippen LogP contribution >= 0.6 is 0 Å². The van der Waals surface area contributed by atoms with Crippen molar-refractivity contribution in [1.82, 2.24) is 10.5 Å². The van der Waals surface area contributed by atoms with Crippen LogP contribution in [0.15, 0.2) is 48.8 Å². The Balaban J connectivity index is 1.86. The van der Waals surface area contributed by atoms with Crippen LogP contribution in [-0.4, -0.2) is 21.2 Å². The Morgan fingerprint density at radius 2 is 1.68 bits per heavy atom. The molecule has 22 heavy (non-hydrogen) atoms.